The number of carbonyl (C=O) groups is 1. The molecule has 0 spiro atoms. The first-order valence-electron chi connectivity index (χ1n) is 6.74. The number of hydrogen-bond donors (Lipinski definition) is 1. The summed E-state index contributed by atoms with van der Waals surface area (Å²) in [5.74, 6) is -0.0248. The fraction of sp³-hybridized carbons (Fsp3) is 0.235. The minimum atomic E-state index is -0.903. The zero-order chi connectivity index (χ0) is 14.1. The monoisotopic (exact) mass is 268 g/mol. The topological polar surface area (TPSA) is 46.5 Å². The number of ether oxygens (including phenoxy) is 1. The molecule has 0 aliphatic heterocycles. The molecule has 0 radical (unpaired) electrons. The Bertz CT molecular complexity index is 640. The van der Waals surface area contributed by atoms with Gasteiger partial charge in [-0.25, -0.2) is 4.79 Å². The summed E-state index contributed by atoms with van der Waals surface area (Å²) in [5.41, 5.74) is 3.33. The van der Waals surface area contributed by atoms with Crippen LogP contribution in [-0.4, -0.2) is 17.2 Å². The van der Waals surface area contributed by atoms with Crippen LogP contribution in [0.4, 0.5) is 0 Å². The van der Waals surface area contributed by atoms with Gasteiger partial charge in [0.15, 0.2) is 0 Å². The highest BCUT2D eigenvalue weighted by Gasteiger charge is 2.23. The predicted octanol–water partition coefficient (Wildman–Crippen LogP) is 3.90. The minimum Gasteiger partial charge on any atom is -0.490 e. The van der Waals surface area contributed by atoms with E-state index < -0.39 is 5.97 Å². The van der Waals surface area contributed by atoms with Gasteiger partial charge < -0.3 is 9.84 Å². The molecule has 0 bridgehead atoms. The molecule has 0 atom stereocenters. The van der Waals surface area contributed by atoms with E-state index in [9.17, 15) is 4.79 Å². The van der Waals surface area contributed by atoms with Gasteiger partial charge >= 0.3 is 5.97 Å². The third-order valence-electron chi connectivity index (χ3n) is 3.48. The van der Waals surface area contributed by atoms with Crippen LogP contribution >= 0.6 is 0 Å². The van der Waals surface area contributed by atoms with Gasteiger partial charge in [-0.1, -0.05) is 18.2 Å². The molecular weight excluding hydrogens is 252 g/mol. The lowest BCUT2D eigenvalue weighted by molar-refractivity contribution is 0.0697. The second kappa shape index (κ2) is 5.00. The largest absolute Gasteiger partial charge is 0.490 e. The van der Waals surface area contributed by atoms with Gasteiger partial charge in [0.1, 0.15) is 5.75 Å². The standard InChI is InChI=1S/C17H16O3/c1-11-2-3-13(17(18)19)10-16(11)12-4-6-14(7-5-12)20-15-8-9-15/h2-7,10,15H,8-9H2,1H3,(H,18,19). The minimum absolute atomic E-state index is 0.309. The van der Waals surface area contributed by atoms with Crippen molar-refractivity contribution in [3.63, 3.8) is 0 Å². The van der Waals surface area contributed by atoms with Crippen LogP contribution < -0.4 is 4.74 Å². The van der Waals surface area contributed by atoms with Crippen molar-refractivity contribution in [3.05, 3.63) is 53.6 Å². The maximum Gasteiger partial charge on any atom is 0.335 e. The Hall–Kier alpha value is -2.29. The lowest BCUT2D eigenvalue weighted by atomic mass is 9.98. The number of aromatic carboxylic acids is 1. The third kappa shape index (κ3) is 2.67. The molecule has 0 unspecified atom stereocenters. The zero-order valence-electron chi connectivity index (χ0n) is 11.3. The summed E-state index contributed by atoms with van der Waals surface area (Å²) < 4.78 is 5.71. The van der Waals surface area contributed by atoms with Crippen LogP contribution in [0.2, 0.25) is 0 Å². The van der Waals surface area contributed by atoms with Crippen molar-refractivity contribution in [3.8, 4) is 16.9 Å². The zero-order valence-corrected chi connectivity index (χ0v) is 11.3. The summed E-state index contributed by atoms with van der Waals surface area (Å²) >= 11 is 0. The Morgan fingerprint density at radius 3 is 2.45 bits per heavy atom. The van der Waals surface area contributed by atoms with Crippen LogP contribution in [0.15, 0.2) is 42.5 Å². The number of carboxylic acids is 1. The fourth-order valence-corrected chi connectivity index (χ4v) is 2.16. The molecule has 3 heteroatoms. The van der Waals surface area contributed by atoms with Crippen molar-refractivity contribution in [2.75, 3.05) is 0 Å². The molecule has 20 heavy (non-hydrogen) atoms. The molecule has 1 saturated carbocycles. The molecule has 1 aliphatic carbocycles. The molecule has 0 heterocycles. The normalized spacial score (nSPS) is 14.1. The Kier molecular flexibility index (Phi) is 3.18. The molecule has 2 aromatic rings. The second-order valence-corrected chi connectivity index (χ2v) is 5.18. The summed E-state index contributed by atoms with van der Waals surface area (Å²) in [4.78, 5) is 11.1. The number of hydrogen-bond acceptors (Lipinski definition) is 2. The van der Waals surface area contributed by atoms with Crippen molar-refractivity contribution < 1.29 is 14.6 Å². The highest BCUT2D eigenvalue weighted by atomic mass is 16.5. The van der Waals surface area contributed by atoms with E-state index in [4.69, 9.17) is 9.84 Å². The van der Waals surface area contributed by atoms with E-state index in [2.05, 4.69) is 0 Å². The Morgan fingerprint density at radius 2 is 1.85 bits per heavy atom. The Labute approximate surface area is 117 Å². The fourth-order valence-electron chi connectivity index (χ4n) is 2.16. The number of rotatable bonds is 4. The average molecular weight is 268 g/mol. The van der Waals surface area contributed by atoms with Crippen LogP contribution in [0.5, 0.6) is 5.75 Å². The van der Waals surface area contributed by atoms with Crippen molar-refractivity contribution in [2.24, 2.45) is 0 Å². The van der Waals surface area contributed by atoms with Gasteiger partial charge in [0, 0.05) is 0 Å². The van der Waals surface area contributed by atoms with Crippen LogP contribution in [-0.2, 0) is 0 Å². The van der Waals surface area contributed by atoms with E-state index in [0.29, 0.717) is 11.7 Å². The molecule has 1 aliphatic rings. The van der Waals surface area contributed by atoms with Crippen molar-refractivity contribution in [1.29, 1.82) is 0 Å². The highest BCUT2D eigenvalue weighted by molar-refractivity contribution is 5.90. The van der Waals surface area contributed by atoms with Crippen molar-refractivity contribution >= 4 is 5.97 Å². The van der Waals surface area contributed by atoms with E-state index in [1.54, 1.807) is 12.1 Å². The summed E-state index contributed by atoms with van der Waals surface area (Å²) in [6.07, 6.45) is 2.67. The summed E-state index contributed by atoms with van der Waals surface area (Å²) in [5, 5.41) is 9.08. The lowest BCUT2D eigenvalue weighted by Gasteiger charge is -2.09. The lowest BCUT2D eigenvalue weighted by Crippen LogP contribution is -1.98. The van der Waals surface area contributed by atoms with Gasteiger partial charge in [-0.2, -0.15) is 0 Å². The van der Waals surface area contributed by atoms with Gasteiger partial charge in [-0.3, -0.25) is 0 Å². The van der Waals surface area contributed by atoms with Gasteiger partial charge in [0.25, 0.3) is 0 Å². The molecule has 102 valence electrons. The summed E-state index contributed by atoms with van der Waals surface area (Å²) in [6.45, 7) is 1.98. The summed E-state index contributed by atoms with van der Waals surface area (Å²) in [7, 11) is 0. The van der Waals surface area contributed by atoms with Crippen molar-refractivity contribution in [2.45, 2.75) is 25.9 Å². The third-order valence-corrected chi connectivity index (χ3v) is 3.48. The van der Waals surface area contributed by atoms with E-state index in [1.165, 1.54) is 0 Å². The van der Waals surface area contributed by atoms with E-state index in [1.807, 2.05) is 37.3 Å². The smallest absolute Gasteiger partial charge is 0.335 e. The highest BCUT2D eigenvalue weighted by Crippen LogP contribution is 2.30. The Morgan fingerprint density at radius 1 is 1.15 bits per heavy atom. The second-order valence-electron chi connectivity index (χ2n) is 5.18. The first-order valence-corrected chi connectivity index (χ1v) is 6.74. The van der Waals surface area contributed by atoms with E-state index in [-0.39, 0.29) is 0 Å². The van der Waals surface area contributed by atoms with E-state index in [0.717, 1.165) is 35.3 Å². The first-order chi connectivity index (χ1) is 9.63. The molecule has 0 aromatic heterocycles. The maximum absolute atomic E-state index is 11.1. The summed E-state index contributed by atoms with van der Waals surface area (Å²) in [6, 6.07) is 13.0. The molecule has 1 N–H and O–H groups in total. The van der Waals surface area contributed by atoms with Gasteiger partial charge in [0.2, 0.25) is 0 Å². The number of aryl methyl sites for hydroxylation is 1. The quantitative estimate of drug-likeness (QED) is 0.914. The molecule has 1 fully saturated rings. The first kappa shape index (κ1) is 12.7. The SMILES string of the molecule is Cc1ccc(C(=O)O)cc1-c1ccc(OC2CC2)cc1. The molecule has 2 aromatic carbocycles. The van der Waals surface area contributed by atoms with E-state index >= 15 is 0 Å². The predicted molar refractivity (Wildman–Crippen MR) is 77.2 cm³/mol. The molecule has 3 nitrogen and oxygen atoms in total. The van der Waals surface area contributed by atoms with Crippen LogP contribution in [0.3, 0.4) is 0 Å². The Balaban J connectivity index is 1.90. The van der Waals surface area contributed by atoms with Crippen LogP contribution in [0.25, 0.3) is 11.1 Å². The van der Waals surface area contributed by atoms with Crippen molar-refractivity contribution in [1.82, 2.24) is 0 Å². The molecule has 0 amide bonds. The molecule has 3 rings (SSSR count). The maximum atomic E-state index is 11.1. The number of carboxylic acid groups (broad SMARTS) is 1. The van der Waals surface area contributed by atoms with Gasteiger partial charge in [0.05, 0.1) is 11.7 Å². The molecular formula is C17H16O3. The molecule has 0 saturated heterocycles. The van der Waals surface area contributed by atoms with Gasteiger partial charge in [-0.05, 0) is 60.7 Å². The average Bonchev–Trinajstić information content (AvgIpc) is 3.24. The van der Waals surface area contributed by atoms with Crippen LogP contribution in [0, 0.1) is 6.92 Å². The number of benzene rings is 2. The van der Waals surface area contributed by atoms with Gasteiger partial charge in [-0.15, -0.1) is 0 Å². The van der Waals surface area contributed by atoms with Crippen LogP contribution in [0.1, 0.15) is 28.8 Å².